The Labute approximate surface area is 186 Å². The van der Waals surface area contributed by atoms with E-state index in [1.807, 2.05) is 60.7 Å². The minimum Gasteiger partial charge on any atom is -0.445 e. The largest absolute Gasteiger partial charge is 0.445 e. The standard InChI is InChI=1S/C24H27N3O5/c28-15-20(14-19-11-12-25-22(19)29)26-23(30)21(13-17-7-3-1-4-8-17)27-24(31)32-16-18-9-5-2-6-10-18/h1-10,15,19-21H,11-14,16H2,(H,25,29)(H,26,30)(H,27,31)/t19-,20-,21-/m0/s1. The van der Waals surface area contributed by atoms with Gasteiger partial charge in [0, 0.05) is 18.9 Å². The molecule has 8 heteroatoms. The van der Waals surface area contributed by atoms with E-state index >= 15 is 0 Å². The third kappa shape index (κ3) is 6.94. The zero-order chi connectivity index (χ0) is 22.8. The van der Waals surface area contributed by atoms with Gasteiger partial charge in [0.1, 0.15) is 18.9 Å². The summed E-state index contributed by atoms with van der Waals surface area (Å²) >= 11 is 0. The van der Waals surface area contributed by atoms with Gasteiger partial charge in [-0.3, -0.25) is 9.59 Å². The minimum atomic E-state index is -0.944. The molecule has 168 valence electrons. The second-order valence-electron chi connectivity index (χ2n) is 7.71. The van der Waals surface area contributed by atoms with Gasteiger partial charge in [0.25, 0.3) is 0 Å². The van der Waals surface area contributed by atoms with Gasteiger partial charge in [-0.1, -0.05) is 60.7 Å². The molecule has 0 spiro atoms. The van der Waals surface area contributed by atoms with Crippen LogP contribution in [-0.4, -0.2) is 42.8 Å². The Morgan fingerprint density at radius 1 is 1.03 bits per heavy atom. The second kappa shape index (κ2) is 11.6. The summed E-state index contributed by atoms with van der Waals surface area (Å²) in [7, 11) is 0. The molecule has 1 saturated heterocycles. The number of aldehydes is 1. The van der Waals surface area contributed by atoms with Crippen LogP contribution in [0.5, 0.6) is 0 Å². The zero-order valence-corrected chi connectivity index (χ0v) is 17.7. The Morgan fingerprint density at radius 3 is 2.28 bits per heavy atom. The molecule has 3 atom stereocenters. The fourth-order valence-electron chi connectivity index (χ4n) is 3.57. The highest BCUT2D eigenvalue weighted by Gasteiger charge is 2.30. The van der Waals surface area contributed by atoms with E-state index < -0.39 is 24.1 Å². The Kier molecular flexibility index (Phi) is 8.36. The molecule has 8 nitrogen and oxygen atoms in total. The number of alkyl carbamates (subject to hydrolysis) is 1. The van der Waals surface area contributed by atoms with Gasteiger partial charge in [-0.15, -0.1) is 0 Å². The quantitative estimate of drug-likeness (QED) is 0.490. The lowest BCUT2D eigenvalue weighted by Gasteiger charge is -2.22. The van der Waals surface area contributed by atoms with Crippen molar-refractivity contribution in [2.45, 2.75) is 38.0 Å². The highest BCUT2D eigenvalue weighted by molar-refractivity contribution is 5.88. The predicted octanol–water partition coefficient (Wildman–Crippen LogP) is 1.73. The molecule has 1 aliphatic heterocycles. The minimum absolute atomic E-state index is 0.0695. The summed E-state index contributed by atoms with van der Waals surface area (Å²) in [5.74, 6) is -0.947. The van der Waals surface area contributed by atoms with Crippen LogP contribution in [0, 0.1) is 5.92 Å². The number of hydrogen-bond donors (Lipinski definition) is 3. The maximum absolute atomic E-state index is 12.9. The predicted molar refractivity (Wildman–Crippen MR) is 117 cm³/mol. The molecule has 0 aromatic heterocycles. The molecule has 0 aliphatic carbocycles. The molecule has 1 heterocycles. The molecular weight excluding hydrogens is 410 g/mol. The summed E-state index contributed by atoms with van der Waals surface area (Å²) in [6.45, 7) is 0.634. The monoisotopic (exact) mass is 437 g/mol. The number of hydrogen-bond acceptors (Lipinski definition) is 5. The van der Waals surface area contributed by atoms with E-state index in [-0.39, 0.29) is 31.3 Å². The van der Waals surface area contributed by atoms with E-state index in [0.717, 1.165) is 11.1 Å². The topological polar surface area (TPSA) is 114 Å². The molecular formula is C24H27N3O5. The maximum atomic E-state index is 12.9. The summed E-state index contributed by atoms with van der Waals surface area (Å²) < 4.78 is 5.25. The molecule has 2 aromatic carbocycles. The first-order chi connectivity index (χ1) is 15.5. The molecule has 1 aliphatic rings. The van der Waals surface area contributed by atoms with Gasteiger partial charge in [-0.2, -0.15) is 0 Å². The van der Waals surface area contributed by atoms with Crippen molar-refractivity contribution in [3.8, 4) is 0 Å². The van der Waals surface area contributed by atoms with E-state index in [2.05, 4.69) is 16.0 Å². The van der Waals surface area contributed by atoms with E-state index in [1.54, 1.807) is 0 Å². The number of carbonyl (C=O) groups excluding carboxylic acids is 4. The Bertz CT molecular complexity index is 920. The van der Waals surface area contributed by atoms with Gasteiger partial charge < -0.3 is 25.5 Å². The second-order valence-corrected chi connectivity index (χ2v) is 7.71. The van der Waals surface area contributed by atoms with E-state index in [0.29, 0.717) is 19.3 Å². The van der Waals surface area contributed by atoms with Crippen LogP contribution in [0.1, 0.15) is 24.0 Å². The molecule has 0 radical (unpaired) electrons. The number of benzene rings is 2. The summed E-state index contributed by atoms with van der Waals surface area (Å²) in [6.07, 6.45) is 0.954. The summed E-state index contributed by atoms with van der Waals surface area (Å²) in [5.41, 5.74) is 1.66. The van der Waals surface area contributed by atoms with Gasteiger partial charge in [0.15, 0.2) is 0 Å². The van der Waals surface area contributed by atoms with Crippen molar-refractivity contribution >= 4 is 24.2 Å². The summed E-state index contributed by atoms with van der Waals surface area (Å²) in [4.78, 5) is 48.7. The molecule has 0 bridgehead atoms. The van der Waals surface area contributed by atoms with E-state index in [9.17, 15) is 19.2 Å². The van der Waals surface area contributed by atoms with Crippen molar-refractivity contribution in [1.29, 1.82) is 0 Å². The molecule has 1 fully saturated rings. The van der Waals surface area contributed by atoms with Crippen LogP contribution < -0.4 is 16.0 Å². The smallest absolute Gasteiger partial charge is 0.408 e. The number of carbonyl (C=O) groups is 4. The normalized spacial score (nSPS) is 17.0. The molecule has 3 N–H and O–H groups in total. The van der Waals surface area contributed by atoms with Gasteiger partial charge >= 0.3 is 6.09 Å². The van der Waals surface area contributed by atoms with Gasteiger partial charge in [0.05, 0.1) is 6.04 Å². The first-order valence-electron chi connectivity index (χ1n) is 10.6. The fraction of sp³-hybridized carbons (Fsp3) is 0.333. The molecule has 2 aromatic rings. The van der Waals surface area contributed by atoms with Crippen LogP contribution in [0.15, 0.2) is 60.7 Å². The van der Waals surface area contributed by atoms with Crippen LogP contribution in [0.4, 0.5) is 4.79 Å². The third-order valence-corrected chi connectivity index (χ3v) is 5.30. The molecule has 3 amide bonds. The summed E-state index contributed by atoms with van der Waals surface area (Å²) in [5, 5.41) is 7.98. The molecule has 0 unspecified atom stereocenters. The van der Waals surface area contributed by atoms with Gasteiger partial charge in [-0.05, 0) is 24.0 Å². The van der Waals surface area contributed by atoms with E-state index in [4.69, 9.17) is 4.74 Å². The number of rotatable bonds is 10. The average molecular weight is 437 g/mol. The molecule has 3 rings (SSSR count). The average Bonchev–Trinajstić information content (AvgIpc) is 3.22. The zero-order valence-electron chi connectivity index (χ0n) is 17.7. The van der Waals surface area contributed by atoms with Crippen molar-refractivity contribution < 1.29 is 23.9 Å². The van der Waals surface area contributed by atoms with Crippen molar-refractivity contribution in [3.05, 3.63) is 71.8 Å². The van der Waals surface area contributed by atoms with E-state index in [1.165, 1.54) is 0 Å². The van der Waals surface area contributed by atoms with Crippen molar-refractivity contribution in [2.75, 3.05) is 6.54 Å². The lowest BCUT2D eigenvalue weighted by molar-refractivity contribution is -0.127. The van der Waals surface area contributed by atoms with Crippen LogP contribution in [0.3, 0.4) is 0 Å². The summed E-state index contributed by atoms with van der Waals surface area (Å²) in [6, 6.07) is 16.7. The van der Waals surface area contributed by atoms with Crippen molar-refractivity contribution in [2.24, 2.45) is 5.92 Å². The van der Waals surface area contributed by atoms with Crippen LogP contribution >= 0.6 is 0 Å². The highest BCUT2D eigenvalue weighted by Crippen LogP contribution is 2.15. The lowest BCUT2D eigenvalue weighted by atomic mass is 9.98. The first kappa shape index (κ1) is 23.0. The van der Waals surface area contributed by atoms with Crippen LogP contribution in [0.2, 0.25) is 0 Å². The third-order valence-electron chi connectivity index (χ3n) is 5.30. The lowest BCUT2D eigenvalue weighted by Crippen LogP contribution is -2.51. The first-order valence-corrected chi connectivity index (χ1v) is 10.6. The van der Waals surface area contributed by atoms with Crippen LogP contribution in [0.25, 0.3) is 0 Å². The molecule has 0 saturated carbocycles. The Morgan fingerprint density at radius 2 is 1.69 bits per heavy atom. The van der Waals surface area contributed by atoms with Crippen LogP contribution in [-0.2, 0) is 32.1 Å². The Hall–Kier alpha value is -3.68. The van der Waals surface area contributed by atoms with Gasteiger partial charge in [0.2, 0.25) is 11.8 Å². The fourth-order valence-corrected chi connectivity index (χ4v) is 3.57. The van der Waals surface area contributed by atoms with Crippen molar-refractivity contribution in [1.82, 2.24) is 16.0 Å². The Balaban J connectivity index is 1.62. The number of amides is 3. The number of nitrogens with one attached hydrogen (secondary N) is 3. The molecule has 32 heavy (non-hydrogen) atoms. The maximum Gasteiger partial charge on any atom is 0.408 e. The van der Waals surface area contributed by atoms with Crippen molar-refractivity contribution in [3.63, 3.8) is 0 Å². The highest BCUT2D eigenvalue weighted by atomic mass is 16.5. The number of ether oxygens (including phenoxy) is 1. The van der Waals surface area contributed by atoms with Gasteiger partial charge in [-0.25, -0.2) is 4.79 Å². The SMILES string of the molecule is O=C[C@H](C[C@@H]1CCNC1=O)NC(=O)[C@H](Cc1ccccc1)NC(=O)OCc1ccccc1.